The molecule has 8 heteroatoms. The summed E-state index contributed by atoms with van der Waals surface area (Å²) in [6, 6.07) is 4.28. The molecule has 1 amide bonds. The smallest absolute Gasteiger partial charge is 0.271 e. The van der Waals surface area contributed by atoms with Gasteiger partial charge >= 0.3 is 0 Å². The maximum Gasteiger partial charge on any atom is 0.271 e. The molecule has 2 atom stereocenters. The minimum atomic E-state index is -0.0952. The Morgan fingerprint density at radius 2 is 2.16 bits per heavy atom. The van der Waals surface area contributed by atoms with E-state index in [1.54, 1.807) is 17.5 Å². The van der Waals surface area contributed by atoms with Crippen molar-refractivity contribution in [2.75, 3.05) is 0 Å². The largest absolute Gasteiger partial charge is 0.346 e. The average molecular weight is 437 g/mol. The van der Waals surface area contributed by atoms with Crippen LogP contribution in [0.3, 0.4) is 0 Å². The lowest BCUT2D eigenvalue weighted by Gasteiger charge is -2.32. The van der Waals surface area contributed by atoms with Gasteiger partial charge < -0.3 is 5.32 Å². The van der Waals surface area contributed by atoms with Gasteiger partial charge in [0.2, 0.25) is 0 Å². The van der Waals surface area contributed by atoms with Crippen molar-refractivity contribution in [3.8, 4) is 9.88 Å². The number of hydrogen-bond donors (Lipinski definition) is 1. The van der Waals surface area contributed by atoms with Gasteiger partial charge in [0.15, 0.2) is 0 Å². The van der Waals surface area contributed by atoms with Crippen molar-refractivity contribution in [2.24, 2.45) is 0 Å². The Bertz CT molecular complexity index is 858. The number of hydrogen-bond acceptors (Lipinski definition) is 5. The number of amides is 1. The Morgan fingerprint density at radius 1 is 1.28 bits per heavy atom. The van der Waals surface area contributed by atoms with Crippen LogP contribution in [-0.2, 0) is 0 Å². The van der Waals surface area contributed by atoms with Crippen molar-refractivity contribution in [1.29, 1.82) is 0 Å². The summed E-state index contributed by atoms with van der Waals surface area (Å²) in [6.07, 6.45) is 8.09. The van der Waals surface area contributed by atoms with Gasteiger partial charge in [0.1, 0.15) is 10.7 Å². The standard InChI is InChI=1S/C17H17BrN4OS2/c18-11-8-15(24-9-11)17-21-13(10-25-17)16(23)20-12-4-1-2-5-14(12)22-7-3-6-19-22/h3,6-10,12,14H,1-2,4-5H2,(H,20,23)/t12-,14-/m1/s1. The number of nitrogens with one attached hydrogen (secondary N) is 1. The summed E-state index contributed by atoms with van der Waals surface area (Å²) in [5.41, 5.74) is 0.495. The number of aromatic nitrogens is 3. The summed E-state index contributed by atoms with van der Waals surface area (Å²) >= 11 is 6.58. The molecule has 1 fully saturated rings. The number of carbonyl (C=O) groups is 1. The van der Waals surface area contributed by atoms with Gasteiger partial charge in [-0.25, -0.2) is 4.98 Å². The summed E-state index contributed by atoms with van der Waals surface area (Å²) in [6.45, 7) is 0. The molecular formula is C17H17BrN4OS2. The molecule has 0 unspecified atom stereocenters. The number of nitrogens with zero attached hydrogens (tertiary/aromatic N) is 3. The van der Waals surface area contributed by atoms with E-state index in [2.05, 4.69) is 31.3 Å². The van der Waals surface area contributed by atoms with Gasteiger partial charge in [-0.3, -0.25) is 9.48 Å². The molecule has 4 rings (SSSR count). The average Bonchev–Trinajstić information content (AvgIpc) is 3.36. The topological polar surface area (TPSA) is 59.8 Å². The summed E-state index contributed by atoms with van der Waals surface area (Å²) in [5, 5.41) is 12.3. The first-order valence-electron chi connectivity index (χ1n) is 8.20. The van der Waals surface area contributed by atoms with E-state index in [9.17, 15) is 4.79 Å². The molecule has 5 nitrogen and oxygen atoms in total. The predicted octanol–water partition coefficient (Wildman–Crippen LogP) is 4.74. The Hall–Kier alpha value is -1.51. The van der Waals surface area contributed by atoms with Crippen LogP contribution in [0.15, 0.2) is 39.8 Å². The van der Waals surface area contributed by atoms with Crippen molar-refractivity contribution in [3.63, 3.8) is 0 Å². The number of halogens is 1. The number of carbonyl (C=O) groups excluding carboxylic acids is 1. The van der Waals surface area contributed by atoms with Crippen LogP contribution in [0.4, 0.5) is 0 Å². The molecule has 3 aromatic rings. The van der Waals surface area contributed by atoms with Gasteiger partial charge in [0, 0.05) is 27.6 Å². The van der Waals surface area contributed by atoms with E-state index in [1.807, 2.05) is 33.8 Å². The van der Waals surface area contributed by atoms with Gasteiger partial charge in [-0.2, -0.15) is 5.10 Å². The zero-order valence-corrected chi connectivity index (χ0v) is 16.6. The Kier molecular flexibility index (Phi) is 5.00. The van der Waals surface area contributed by atoms with Crippen LogP contribution in [0.1, 0.15) is 42.2 Å². The molecule has 1 aliphatic rings. The SMILES string of the molecule is O=C(N[C@@H]1CCCC[C@H]1n1cccn1)c1csc(-c2cc(Br)cs2)n1. The van der Waals surface area contributed by atoms with E-state index in [-0.39, 0.29) is 18.0 Å². The normalized spacial score (nSPS) is 20.5. The Morgan fingerprint density at radius 3 is 2.92 bits per heavy atom. The predicted molar refractivity (Wildman–Crippen MR) is 104 cm³/mol. The zero-order chi connectivity index (χ0) is 17.2. The molecule has 0 radical (unpaired) electrons. The third-order valence-electron chi connectivity index (χ3n) is 4.43. The van der Waals surface area contributed by atoms with Gasteiger partial charge in [-0.05, 0) is 40.9 Å². The summed E-state index contributed by atoms with van der Waals surface area (Å²) in [5.74, 6) is -0.0952. The van der Waals surface area contributed by atoms with Gasteiger partial charge in [0.25, 0.3) is 5.91 Å². The first kappa shape index (κ1) is 16.9. The monoisotopic (exact) mass is 436 g/mol. The fraction of sp³-hybridized carbons (Fsp3) is 0.353. The molecule has 1 N–H and O–H groups in total. The third-order valence-corrected chi connectivity index (χ3v) is 7.13. The van der Waals surface area contributed by atoms with E-state index >= 15 is 0 Å². The van der Waals surface area contributed by atoms with Crippen LogP contribution in [-0.4, -0.2) is 26.7 Å². The second-order valence-corrected chi connectivity index (χ2v) is 8.77. The maximum atomic E-state index is 12.7. The highest BCUT2D eigenvalue weighted by Crippen LogP contribution is 2.32. The highest BCUT2D eigenvalue weighted by molar-refractivity contribution is 9.10. The van der Waals surface area contributed by atoms with E-state index in [0.29, 0.717) is 5.69 Å². The van der Waals surface area contributed by atoms with E-state index in [1.165, 1.54) is 17.8 Å². The van der Waals surface area contributed by atoms with E-state index in [0.717, 1.165) is 33.6 Å². The molecule has 0 aliphatic heterocycles. The van der Waals surface area contributed by atoms with Crippen molar-refractivity contribution in [1.82, 2.24) is 20.1 Å². The molecule has 1 aliphatic carbocycles. The highest BCUT2D eigenvalue weighted by Gasteiger charge is 2.29. The number of thiazole rings is 1. The lowest BCUT2D eigenvalue weighted by Crippen LogP contribution is -2.43. The molecule has 3 aromatic heterocycles. The van der Waals surface area contributed by atoms with Gasteiger partial charge in [-0.1, -0.05) is 12.8 Å². The minimum absolute atomic E-state index is 0.0952. The van der Waals surface area contributed by atoms with Crippen LogP contribution < -0.4 is 5.32 Å². The molecule has 1 saturated carbocycles. The van der Waals surface area contributed by atoms with Crippen LogP contribution in [0.2, 0.25) is 0 Å². The fourth-order valence-corrected chi connectivity index (χ4v) is 5.54. The quantitative estimate of drug-likeness (QED) is 0.641. The molecule has 3 heterocycles. The number of rotatable bonds is 4. The maximum absolute atomic E-state index is 12.7. The van der Waals surface area contributed by atoms with Crippen LogP contribution in [0, 0.1) is 0 Å². The van der Waals surface area contributed by atoms with Crippen molar-refractivity contribution in [3.05, 3.63) is 45.5 Å². The fourth-order valence-electron chi connectivity index (χ4n) is 3.23. The summed E-state index contributed by atoms with van der Waals surface area (Å²) in [7, 11) is 0. The van der Waals surface area contributed by atoms with Crippen LogP contribution >= 0.6 is 38.6 Å². The molecule has 0 aromatic carbocycles. The first-order chi connectivity index (χ1) is 12.2. The molecule has 0 bridgehead atoms. The molecular weight excluding hydrogens is 420 g/mol. The van der Waals surface area contributed by atoms with Gasteiger partial charge in [-0.15, -0.1) is 22.7 Å². The molecule has 0 saturated heterocycles. The zero-order valence-electron chi connectivity index (χ0n) is 13.4. The van der Waals surface area contributed by atoms with Crippen molar-refractivity contribution < 1.29 is 4.79 Å². The minimum Gasteiger partial charge on any atom is -0.346 e. The second kappa shape index (κ2) is 7.39. The van der Waals surface area contributed by atoms with Crippen molar-refractivity contribution >= 4 is 44.5 Å². The third kappa shape index (κ3) is 3.70. The first-order valence-corrected chi connectivity index (χ1v) is 10.8. The van der Waals surface area contributed by atoms with Crippen LogP contribution in [0.25, 0.3) is 9.88 Å². The van der Waals surface area contributed by atoms with E-state index in [4.69, 9.17) is 0 Å². The van der Waals surface area contributed by atoms with Crippen LogP contribution in [0.5, 0.6) is 0 Å². The molecule has 25 heavy (non-hydrogen) atoms. The summed E-state index contributed by atoms with van der Waals surface area (Å²) in [4.78, 5) is 18.3. The van der Waals surface area contributed by atoms with Gasteiger partial charge in [0.05, 0.1) is 17.0 Å². The molecule has 130 valence electrons. The lowest BCUT2D eigenvalue weighted by molar-refractivity contribution is 0.0901. The second-order valence-electron chi connectivity index (χ2n) is 6.08. The van der Waals surface area contributed by atoms with E-state index < -0.39 is 0 Å². The summed E-state index contributed by atoms with van der Waals surface area (Å²) < 4.78 is 3.01. The molecule has 0 spiro atoms. The van der Waals surface area contributed by atoms with Crippen molar-refractivity contribution in [2.45, 2.75) is 37.8 Å². The number of thiophene rings is 1. The Labute approximate surface area is 162 Å². The highest BCUT2D eigenvalue weighted by atomic mass is 79.9. The lowest BCUT2D eigenvalue weighted by atomic mass is 9.90. The Balaban J connectivity index is 1.48.